The zero-order valence-electron chi connectivity index (χ0n) is 15.5. The molecule has 1 amide bonds. The average molecular weight is 376 g/mol. The molecular weight excluding hydrogens is 350 g/mol. The van der Waals surface area contributed by atoms with Gasteiger partial charge in [-0.2, -0.15) is 0 Å². The molecule has 0 radical (unpaired) electrons. The topological polar surface area (TPSA) is 59.6 Å². The number of aliphatic hydroxyl groups excluding tert-OH is 1. The van der Waals surface area contributed by atoms with Crippen LogP contribution in [0.2, 0.25) is 5.02 Å². The summed E-state index contributed by atoms with van der Waals surface area (Å²) in [4.78, 5) is 20.1. The van der Waals surface area contributed by atoms with Gasteiger partial charge in [0.05, 0.1) is 24.1 Å². The van der Waals surface area contributed by atoms with E-state index in [1.165, 1.54) is 0 Å². The lowest BCUT2D eigenvalue weighted by molar-refractivity contribution is -0.134. The third kappa shape index (κ3) is 3.39. The summed E-state index contributed by atoms with van der Waals surface area (Å²) < 4.78 is 0. The van der Waals surface area contributed by atoms with E-state index in [-0.39, 0.29) is 24.5 Å². The second kappa shape index (κ2) is 7.82. The summed E-state index contributed by atoms with van der Waals surface area (Å²) in [5.41, 5.74) is 2.87. The van der Waals surface area contributed by atoms with Crippen LogP contribution in [0.5, 0.6) is 0 Å². The Kier molecular flexibility index (Phi) is 5.70. The van der Waals surface area contributed by atoms with E-state index in [1.54, 1.807) is 0 Å². The maximum atomic E-state index is 12.9. The van der Waals surface area contributed by atoms with Gasteiger partial charge in [-0.1, -0.05) is 17.7 Å². The van der Waals surface area contributed by atoms with Crippen molar-refractivity contribution in [3.63, 3.8) is 0 Å². The molecule has 0 spiro atoms. The predicted molar refractivity (Wildman–Crippen MR) is 106 cm³/mol. The van der Waals surface area contributed by atoms with Crippen LogP contribution in [0, 0.1) is 5.92 Å². The number of carbonyl (C=O) groups is 1. The SMILES string of the molecule is CCN(CC)C(=O)C1C=C(c2cc(Cl)cc3cc[nH]c23)C(CO)N(C)C1. The van der Waals surface area contributed by atoms with Crippen molar-refractivity contribution in [2.75, 3.05) is 33.3 Å². The van der Waals surface area contributed by atoms with Gasteiger partial charge in [-0.05, 0) is 44.7 Å². The zero-order chi connectivity index (χ0) is 18.8. The number of hydrogen-bond acceptors (Lipinski definition) is 3. The van der Waals surface area contributed by atoms with Gasteiger partial charge in [-0.25, -0.2) is 0 Å². The molecule has 2 N–H and O–H groups in total. The monoisotopic (exact) mass is 375 g/mol. The summed E-state index contributed by atoms with van der Waals surface area (Å²) in [7, 11) is 1.95. The van der Waals surface area contributed by atoms with Crippen molar-refractivity contribution in [2.45, 2.75) is 19.9 Å². The predicted octanol–water partition coefficient (Wildman–Crippen LogP) is 3.00. The van der Waals surface area contributed by atoms with E-state index in [9.17, 15) is 9.90 Å². The van der Waals surface area contributed by atoms with Crippen molar-refractivity contribution >= 4 is 34.0 Å². The van der Waals surface area contributed by atoms with Crippen molar-refractivity contribution in [2.24, 2.45) is 5.92 Å². The molecule has 2 aromatic rings. The number of halogens is 1. The maximum absolute atomic E-state index is 12.9. The number of nitrogens with zero attached hydrogens (tertiary/aromatic N) is 2. The van der Waals surface area contributed by atoms with Gasteiger partial charge in [0, 0.05) is 41.8 Å². The van der Waals surface area contributed by atoms with Gasteiger partial charge < -0.3 is 15.0 Å². The minimum Gasteiger partial charge on any atom is -0.394 e. The Morgan fingerprint density at radius 3 is 2.77 bits per heavy atom. The Hall–Kier alpha value is -1.82. The van der Waals surface area contributed by atoms with Crippen LogP contribution < -0.4 is 0 Å². The number of aromatic nitrogens is 1. The molecule has 1 aromatic heterocycles. The number of carbonyl (C=O) groups excluding carboxylic acids is 1. The fraction of sp³-hybridized carbons (Fsp3) is 0.450. The quantitative estimate of drug-likeness (QED) is 0.844. The van der Waals surface area contributed by atoms with Crippen LogP contribution in [0.4, 0.5) is 0 Å². The molecule has 140 valence electrons. The summed E-state index contributed by atoms with van der Waals surface area (Å²) >= 11 is 6.33. The summed E-state index contributed by atoms with van der Waals surface area (Å²) in [6, 6.07) is 5.63. The van der Waals surface area contributed by atoms with Crippen molar-refractivity contribution < 1.29 is 9.90 Å². The second-order valence-electron chi connectivity index (χ2n) is 6.77. The lowest BCUT2D eigenvalue weighted by atomic mass is 9.87. The number of H-pyrrole nitrogens is 1. The highest BCUT2D eigenvalue weighted by atomic mass is 35.5. The van der Waals surface area contributed by atoms with E-state index < -0.39 is 0 Å². The molecule has 2 unspecified atom stereocenters. The van der Waals surface area contributed by atoms with Crippen molar-refractivity contribution in [1.82, 2.24) is 14.8 Å². The van der Waals surface area contributed by atoms with Crippen LogP contribution in [0.3, 0.4) is 0 Å². The molecule has 3 rings (SSSR count). The Labute approximate surface area is 159 Å². The highest BCUT2D eigenvalue weighted by molar-refractivity contribution is 6.31. The van der Waals surface area contributed by atoms with E-state index in [4.69, 9.17) is 11.6 Å². The first kappa shape index (κ1) is 19.0. The first-order valence-corrected chi connectivity index (χ1v) is 9.46. The van der Waals surface area contributed by atoms with Gasteiger partial charge in [0.1, 0.15) is 0 Å². The zero-order valence-corrected chi connectivity index (χ0v) is 16.3. The van der Waals surface area contributed by atoms with Crippen LogP contribution in [-0.4, -0.2) is 65.1 Å². The van der Waals surface area contributed by atoms with Gasteiger partial charge in [-0.3, -0.25) is 9.69 Å². The van der Waals surface area contributed by atoms with E-state index >= 15 is 0 Å². The highest BCUT2D eigenvalue weighted by Crippen LogP contribution is 2.35. The number of aliphatic hydroxyl groups is 1. The van der Waals surface area contributed by atoms with Crippen LogP contribution in [-0.2, 0) is 4.79 Å². The van der Waals surface area contributed by atoms with Gasteiger partial charge in [0.2, 0.25) is 5.91 Å². The first-order chi connectivity index (χ1) is 12.5. The van der Waals surface area contributed by atoms with E-state index in [2.05, 4.69) is 9.88 Å². The fourth-order valence-electron chi connectivity index (χ4n) is 3.84. The average Bonchev–Trinajstić information content (AvgIpc) is 3.09. The molecular formula is C20H26ClN3O2. The van der Waals surface area contributed by atoms with Crippen LogP contribution in [0.1, 0.15) is 19.4 Å². The molecule has 5 nitrogen and oxygen atoms in total. The minimum atomic E-state index is -0.235. The fourth-order valence-corrected chi connectivity index (χ4v) is 4.07. The molecule has 0 bridgehead atoms. The Bertz CT molecular complexity index is 826. The van der Waals surface area contributed by atoms with Gasteiger partial charge >= 0.3 is 0 Å². The van der Waals surface area contributed by atoms with Crippen molar-refractivity contribution in [3.05, 3.63) is 41.1 Å². The van der Waals surface area contributed by atoms with Gasteiger partial charge in [0.15, 0.2) is 0 Å². The number of nitrogens with one attached hydrogen (secondary N) is 1. The molecule has 1 aliphatic rings. The molecule has 2 atom stereocenters. The van der Waals surface area contributed by atoms with Crippen molar-refractivity contribution in [1.29, 1.82) is 0 Å². The summed E-state index contributed by atoms with van der Waals surface area (Å²) in [5, 5.41) is 11.7. The molecule has 26 heavy (non-hydrogen) atoms. The summed E-state index contributed by atoms with van der Waals surface area (Å²) in [6.45, 7) is 5.96. The third-order valence-corrected chi connectivity index (χ3v) is 5.48. The Balaban J connectivity index is 2.11. The van der Waals surface area contributed by atoms with Crippen LogP contribution in [0.25, 0.3) is 16.5 Å². The maximum Gasteiger partial charge on any atom is 0.230 e. The Morgan fingerprint density at radius 1 is 1.38 bits per heavy atom. The molecule has 1 aromatic carbocycles. The van der Waals surface area contributed by atoms with E-state index in [0.717, 1.165) is 22.0 Å². The minimum absolute atomic E-state index is 0.0107. The molecule has 6 heteroatoms. The highest BCUT2D eigenvalue weighted by Gasteiger charge is 2.33. The number of amides is 1. The third-order valence-electron chi connectivity index (χ3n) is 5.26. The number of hydrogen-bond donors (Lipinski definition) is 2. The molecule has 0 saturated carbocycles. The van der Waals surface area contributed by atoms with E-state index in [0.29, 0.717) is 24.7 Å². The number of fused-ring (bicyclic) bond motifs is 1. The number of aromatic amines is 1. The molecule has 0 saturated heterocycles. The lowest BCUT2D eigenvalue weighted by Gasteiger charge is -2.37. The standard InChI is InChI=1S/C20H26ClN3O2/c1-4-24(5-2)20(26)14-9-16(18(12-25)23(3)11-14)17-10-15(21)8-13-6-7-22-19(13)17/h6-10,14,18,22,25H,4-5,11-12H2,1-3H3. The van der Waals surface area contributed by atoms with Gasteiger partial charge in [-0.15, -0.1) is 0 Å². The lowest BCUT2D eigenvalue weighted by Crippen LogP contribution is -2.47. The molecule has 0 aliphatic carbocycles. The smallest absolute Gasteiger partial charge is 0.230 e. The molecule has 1 aliphatic heterocycles. The Morgan fingerprint density at radius 2 is 2.12 bits per heavy atom. The van der Waals surface area contributed by atoms with Crippen molar-refractivity contribution in [3.8, 4) is 0 Å². The number of rotatable bonds is 5. The van der Waals surface area contributed by atoms with Crippen LogP contribution >= 0.6 is 11.6 Å². The normalized spacial score (nSPS) is 21.0. The van der Waals surface area contributed by atoms with Crippen LogP contribution in [0.15, 0.2) is 30.5 Å². The van der Waals surface area contributed by atoms with E-state index in [1.807, 2.05) is 56.3 Å². The molecule has 0 fully saturated rings. The summed E-state index contributed by atoms with van der Waals surface area (Å²) in [5.74, 6) is -0.109. The second-order valence-corrected chi connectivity index (χ2v) is 7.21. The largest absolute Gasteiger partial charge is 0.394 e. The number of likely N-dealkylation sites (N-methyl/N-ethyl adjacent to an activating group) is 1. The number of benzene rings is 1. The molecule has 2 heterocycles. The summed E-state index contributed by atoms with van der Waals surface area (Å²) in [6.07, 6.45) is 3.90. The van der Waals surface area contributed by atoms with Gasteiger partial charge in [0.25, 0.3) is 0 Å². The first-order valence-electron chi connectivity index (χ1n) is 9.08.